The van der Waals surface area contributed by atoms with Crippen LogP contribution in [-0.2, 0) is 11.2 Å². The second kappa shape index (κ2) is 9.19. The lowest BCUT2D eigenvalue weighted by molar-refractivity contribution is -0.136. The summed E-state index contributed by atoms with van der Waals surface area (Å²) in [5, 5.41) is 0.934. The normalized spacial score (nSPS) is 16.1. The van der Waals surface area contributed by atoms with E-state index >= 15 is 0 Å². The van der Waals surface area contributed by atoms with Crippen LogP contribution in [0, 0.1) is 6.92 Å². The number of hydrogen-bond acceptors (Lipinski definition) is 3. The van der Waals surface area contributed by atoms with E-state index in [4.69, 9.17) is 28.2 Å². The molecular weight excluding hydrogens is 431 g/mol. The van der Waals surface area contributed by atoms with Gasteiger partial charge in [-0.15, -0.1) is 0 Å². The maximum absolute atomic E-state index is 13.4. The molecule has 0 N–H and O–H groups in total. The Labute approximate surface area is 193 Å². The van der Waals surface area contributed by atoms with Gasteiger partial charge in [-0.2, -0.15) is 0 Å². The predicted molar refractivity (Wildman–Crippen MR) is 127 cm³/mol. The van der Waals surface area contributed by atoms with Crippen molar-refractivity contribution in [2.45, 2.75) is 33.2 Å². The van der Waals surface area contributed by atoms with Crippen molar-refractivity contribution in [3.05, 3.63) is 63.4 Å². The van der Waals surface area contributed by atoms with Crippen molar-refractivity contribution in [2.24, 2.45) is 0 Å². The number of likely N-dealkylation sites (N-methyl/N-ethyl adjacent to an activating group) is 1. The molecule has 164 valence electrons. The van der Waals surface area contributed by atoms with E-state index < -0.39 is 0 Å². The molecule has 0 bridgehead atoms. The van der Waals surface area contributed by atoms with Crippen LogP contribution in [-0.4, -0.2) is 58.0 Å². The average molecular weight is 459 g/mol. The fourth-order valence-corrected chi connectivity index (χ4v) is 4.56. The molecule has 31 heavy (non-hydrogen) atoms. The Bertz CT molecular complexity index is 1090. The molecule has 0 spiro atoms. The molecule has 0 saturated carbocycles. The number of rotatable bonds is 5. The van der Waals surface area contributed by atoms with Crippen LogP contribution in [0.2, 0.25) is 10.0 Å². The number of imidazole rings is 1. The molecule has 1 amide bonds. The van der Waals surface area contributed by atoms with Gasteiger partial charge in [-0.3, -0.25) is 4.79 Å². The molecule has 1 saturated heterocycles. The summed E-state index contributed by atoms with van der Waals surface area (Å²) in [6.45, 7) is 10.5. The molecule has 2 aromatic carbocycles. The number of aromatic nitrogens is 2. The van der Waals surface area contributed by atoms with Crippen LogP contribution in [0.25, 0.3) is 11.0 Å². The van der Waals surface area contributed by atoms with Crippen LogP contribution < -0.4 is 0 Å². The highest BCUT2D eigenvalue weighted by Crippen LogP contribution is 2.31. The van der Waals surface area contributed by atoms with Crippen molar-refractivity contribution in [3.8, 4) is 0 Å². The number of fused-ring (bicyclic) bond motifs is 1. The number of benzene rings is 2. The van der Waals surface area contributed by atoms with E-state index in [2.05, 4.69) is 43.0 Å². The fraction of sp³-hybridized carbons (Fsp3) is 0.417. The first-order chi connectivity index (χ1) is 14.9. The highest BCUT2D eigenvalue weighted by molar-refractivity contribution is 6.42. The van der Waals surface area contributed by atoms with Gasteiger partial charge >= 0.3 is 0 Å². The van der Waals surface area contributed by atoms with Gasteiger partial charge in [-0.1, -0.05) is 60.0 Å². The van der Waals surface area contributed by atoms with Crippen molar-refractivity contribution in [1.29, 1.82) is 0 Å². The van der Waals surface area contributed by atoms with Crippen LogP contribution in [0.1, 0.15) is 36.8 Å². The van der Waals surface area contributed by atoms with Gasteiger partial charge in [0.15, 0.2) is 0 Å². The lowest BCUT2D eigenvalue weighted by Gasteiger charge is -2.35. The Morgan fingerprint density at radius 2 is 1.71 bits per heavy atom. The van der Waals surface area contributed by atoms with E-state index in [1.807, 2.05) is 22.5 Å². The summed E-state index contributed by atoms with van der Waals surface area (Å²) in [4.78, 5) is 22.6. The van der Waals surface area contributed by atoms with Gasteiger partial charge in [0.2, 0.25) is 5.91 Å². The third-order valence-electron chi connectivity index (χ3n) is 6.16. The molecule has 1 unspecified atom stereocenters. The van der Waals surface area contributed by atoms with Gasteiger partial charge < -0.3 is 14.4 Å². The number of amides is 1. The molecule has 1 aromatic heterocycles. The Morgan fingerprint density at radius 3 is 2.35 bits per heavy atom. The maximum atomic E-state index is 13.4. The minimum Gasteiger partial charge on any atom is -0.338 e. The van der Waals surface area contributed by atoms with Gasteiger partial charge in [0, 0.05) is 32.6 Å². The molecule has 1 atom stereocenters. The van der Waals surface area contributed by atoms with E-state index in [1.54, 1.807) is 6.07 Å². The maximum Gasteiger partial charge on any atom is 0.245 e. The highest BCUT2D eigenvalue weighted by Gasteiger charge is 2.28. The van der Waals surface area contributed by atoms with Gasteiger partial charge in [-0.05, 0) is 38.1 Å². The summed E-state index contributed by atoms with van der Waals surface area (Å²) in [7, 11) is 0. The third-order valence-corrected chi connectivity index (χ3v) is 6.89. The van der Waals surface area contributed by atoms with Crippen LogP contribution in [0.15, 0.2) is 36.4 Å². The van der Waals surface area contributed by atoms with Crippen LogP contribution in [0.3, 0.4) is 0 Å². The highest BCUT2D eigenvalue weighted by atomic mass is 35.5. The summed E-state index contributed by atoms with van der Waals surface area (Å²) >= 11 is 12.6. The summed E-state index contributed by atoms with van der Waals surface area (Å²) in [5.41, 5.74) is 3.96. The van der Waals surface area contributed by atoms with Crippen LogP contribution >= 0.6 is 23.2 Å². The van der Waals surface area contributed by atoms with E-state index in [0.29, 0.717) is 16.5 Å². The molecule has 0 aliphatic carbocycles. The smallest absolute Gasteiger partial charge is 0.245 e. The quantitative estimate of drug-likeness (QED) is 0.541. The summed E-state index contributed by atoms with van der Waals surface area (Å²) in [5.74, 6) is 0.955. The number of halogens is 2. The first-order valence-electron chi connectivity index (χ1n) is 10.8. The first-order valence-corrected chi connectivity index (χ1v) is 11.6. The van der Waals surface area contributed by atoms with Crippen molar-refractivity contribution in [2.75, 3.05) is 32.7 Å². The molecule has 0 radical (unpaired) electrons. The van der Waals surface area contributed by atoms with Gasteiger partial charge in [-0.25, -0.2) is 4.98 Å². The Hall–Kier alpha value is -2.08. The standard InChI is InChI=1S/C24H28Cl2N4O/c1-4-28-9-11-29(12-10-28)24(31)17(3)30-22-15-20(26)19(25)14-21(22)27-23(30)13-18-7-5-16(2)6-8-18/h5-8,14-15,17H,4,9-13H2,1-3H3. The number of piperazine rings is 1. The van der Waals surface area contributed by atoms with E-state index in [9.17, 15) is 4.79 Å². The topological polar surface area (TPSA) is 41.4 Å². The minimum atomic E-state index is -0.379. The Balaban J connectivity index is 1.70. The lowest BCUT2D eigenvalue weighted by Crippen LogP contribution is -2.50. The molecule has 1 fully saturated rings. The zero-order chi connectivity index (χ0) is 22.1. The molecule has 1 aliphatic heterocycles. The SMILES string of the molecule is CCN1CCN(C(=O)C(C)n2c(Cc3ccc(C)cc3)nc3cc(Cl)c(Cl)cc32)CC1. The molecular formula is C24H28Cl2N4O. The monoisotopic (exact) mass is 458 g/mol. The molecule has 5 nitrogen and oxygen atoms in total. The van der Waals surface area contributed by atoms with E-state index in [-0.39, 0.29) is 11.9 Å². The van der Waals surface area contributed by atoms with Crippen molar-refractivity contribution in [3.63, 3.8) is 0 Å². The third kappa shape index (κ3) is 4.59. The van der Waals surface area contributed by atoms with Gasteiger partial charge in [0.25, 0.3) is 0 Å². The molecule has 4 rings (SSSR count). The molecule has 3 aromatic rings. The number of carbonyl (C=O) groups excluding carboxylic acids is 1. The summed E-state index contributed by atoms with van der Waals surface area (Å²) in [6.07, 6.45) is 0.630. The summed E-state index contributed by atoms with van der Waals surface area (Å²) < 4.78 is 2.03. The van der Waals surface area contributed by atoms with Gasteiger partial charge in [0.05, 0.1) is 21.1 Å². The Kier molecular flexibility index (Phi) is 6.56. The van der Waals surface area contributed by atoms with Crippen molar-refractivity contribution in [1.82, 2.24) is 19.4 Å². The molecule has 2 heterocycles. The second-order valence-electron chi connectivity index (χ2n) is 8.25. The van der Waals surface area contributed by atoms with Gasteiger partial charge in [0.1, 0.15) is 11.9 Å². The van der Waals surface area contributed by atoms with Crippen LogP contribution in [0.4, 0.5) is 0 Å². The van der Waals surface area contributed by atoms with Crippen molar-refractivity contribution < 1.29 is 4.79 Å². The lowest BCUT2D eigenvalue weighted by atomic mass is 10.1. The first kappa shape index (κ1) is 22.1. The number of hydrogen-bond donors (Lipinski definition) is 0. The Morgan fingerprint density at radius 1 is 1.06 bits per heavy atom. The van der Waals surface area contributed by atoms with E-state index in [1.165, 1.54) is 5.56 Å². The predicted octanol–water partition coefficient (Wildman–Crippen LogP) is 4.97. The zero-order valence-corrected chi connectivity index (χ0v) is 19.7. The second-order valence-corrected chi connectivity index (χ2v) is 9.07. The van der Waals surface area contributed by atoms with E-state index in [0.717, 1.165) is 55.1 Å². The molecule has 7 heteroatoms. The summed E-state index contributed by atoms with van der Waals surface area (Å²) in [6, 6.07) is 11.6. The number of aryl methyl sites for hydroxylation is 1. The fourth-order valence-electron chi connectivity index (χ4n) is 4.24. The minimum absolute atomic E-state index is 0.117. The number of nitrogens with zero attached hydrogens (tertiary/aromatic N) is 4. The number of carbonyl (C=O) groups is 1. The average Bonchev–Trinajstić information content (AvgIpc) is 3.11. The zero-order valence-electron chi connectivity index (χ0n) is 18.2. The van der Waals surface area contributed by atoms with Crippen LogP contribution in [0.5, 0.6) is 0 Å². The largest absolute Gasteiger partial charge is 0.338 e. The molecule has 1 aliphatic rings. The van der Waals surface area contributed by atoms with Crippen molar-refractivity contribution >= 4 is 40.1 Å².